The van der Waals surface area contributed by atoms with Crippen molar-refractivity contribution in [1.29, 1.82) is 0 Å². The molecule has 172 valence electrons. The highest BCUT2D eigenvalue weighted by atomic mass is 35.5. The van der Waals surface area contributed by atoms with E-state index >= 15 is 0 Å². The van der Waals surface area contributed by atoms with Gasteiger partial charge in [-0.15, -0.1) is 0 Å². The van der Waals surface area contributed by atoms with Crippen LogP contribution < -0.4 is 5.32 Å². The summed E-state index contributed by atoms with van der Waals surface area (Å²) in [4.78, 5) is 13.0. The van der Waals surface area contributed by atoms with Crippen LogP contribution in [-0.4, -0.2) is 30.3 Å². The summed E-state index contributed by atoms with van der Waals surface area (Å²) in [6.07, 6.45) is 4.40. The molecule has 1 spiro atoms. The number of esters is 1. The molecule has 0 heterocycles. The van der Waals surface area contributed by atoms with Crippen LogP contribution in [0, 0.1) is 17.7 Å². The fraction of sp³-hybridized carbons (Fsp3) is 0.500. The fourth-order valence-electron chi connectivity index (χ4n) is 5.96. The molecule has 0 amide bonds. The molecule has 0 aliphatic heterocycles. The first-order chi connectivity index (χ1) is 15.3. The minimum atomic E-state index is -0.853. The summed E-state index contributed by atoms with van der Waals surface area (Å²) in [5, 5.41) is 13.7. The zero-order valence-corrected chi connectivity index (χ0v) is 19.4. The van der Waals surface area contributed by atoms with E-state index in [1.165, 1.54) is 18.7 Å². The number of methoxy groups -OCH3 is 1. The molecule has 0 bridgehead atoms. The van der Waals surface area contributed by atoms with Gasteiger partial charge in [-0.2, -0.15) is 0 Å². The van der Waals surface area contributed by atoms with Crippen molar-refractivity contribution in [3.63, 3.8) is 0 Å². The van der Waals surface area contributed by atoms with Gasteiger partial charge >= 0.3 is 5.97 Å². The van der Waals surface area contributed by atoms with Crippen LogP contribution in [0.2, 0.25) is 5.02 Å². The zero-order valence-electron chi connectivity index (χ0n) is 18.7. The number of hydrogen-bond donors (Lipinski definition) is 2. The van der Waals surface area contributed by atoms with E-state index in [0.717, 1.165) is 36.9 Å². The summed E-state index contributed by atoms with van der Waals surface area (Å²) in [5.74, 6) is -0.0259. The quantitative estimate of drug-likeness (QED) is 0.559. The number of rotatable bonds is 6. The summed E-state index contributed by atoms with van der Waals surface area (Å²) < 4.78 is 19.5. The number of nitrogens with one attached hydrogen (secondary N) is 1. The number of aliphatic hydroxyl groups excluding tert-OH is 1. The summed E-state index contributed by atoms with van der Waals surface area (Å²) in [6.45, 7) is 2.19. The van der Waals surface area contributed by atoms with Crippen LogP contribution in [0.15, 0.2) is 42.5 Å². The maximum absolute atomic E-state index is 14.3. The second kappa shape index (κ2) is 9.03. The van der Waals surface area contributed by atoms with Gasteiger partial charge in [-0.3, -0.25) is 0 Å². The predicted octanol–water partition coefficient (Wildman–Crippen LogP) is 5.51. The Morgan fingerprint density at radius 3 is 2.66 bits per heavy atom. The van der Waals surface area contributed by atoms with Gasteiger partial charge in [0.25, 0.3) is 0 Å². The minimum Gasteiger partial charge on any atom is -0.467 e. The number of fused-ring (bicyclic) bond motifs is 2. The van der Waals surface area contributed by atoms with E-state index < -0.39 is 5.54 Å². The number of aliphatic hydroxyl groups is 1. The molecule has 2 aromatic carbocycles. The largest absolute Gasteiger partial charge is 0.467 e. The van der Waals surface area contributed by atoms with E-state index in [-0.39, 0.29) is 29.7 Å². The Morgan fingerprint density at radius 2 is 2.00 bits per heavy atom. The lowest BCUT2D eigenvalue weighted by Crippen LogP contribution is -2.53. The minimum absolute atomic E-state index is 0.139. The number of ether oxygens (including phenoxy) is 1. The highest BCUT2D eigenvalue weighted by Gasteiger charge is 2.54. The Labute approximate surface area is 194 Å². The number of carbonyl (C=O) groups is 1. The number of hydrogen-bond acceptors (Lipinski definition) is 4. The third kappa shape index (κ3) is 4.13. The maximum atomic E-state index is 14.3. The van der Waals surface area contributed by atoms with Gasteiger partial charge in [0.15, 0.2) is 0 Å². The lowest BCUT2D eigenvalue weighted by molar-refractivity contribution is -0.148. The molecule has 32 heavy (non-hydrogen) atoms. The average molecular weight is 460 g/mol. The number of carbonyl (C=O) groups excluding carboxylic acids is 1. The number of anilines is 1. The van der Waals surface area contributed by atoms with Gasteiger partial charge in [-0.05, 0) is 97.2 Å². The van der Waals surface area contributed by atoms with Crippen LogP contribution in [0.5, 0.6) is 0 Å². The molecule has 2 aliphatic rings. The van der Waals surface area contributed by atoms with Crippen LogP contribution in [0.3, 0.4) is 0 Å². The summed E-state index contributed by atoms with van der Waals surface area (Å²) in [5.41, 5.74) is 1.99. The van der Waals surface area contributed by atoms with Gasteiger partial charge < -0.3 is 15.2 Å². The number of halogens is 2. The zero-order chi connectivity index (χ0) is 22.9. The van der Waals surface area contributed by atoms with Crippen molar-refractivity contribution in [2.24, 2.45) is 11.8 Å². The lowest BCUT2D eigenvalue weighted by Gasteiger charge is -2.47. The molecular weight excluding hydrogens is 429 g/mol. The molecule has 0 radical (unpaired) electrons. The van der Waals surface area contributed by atoms with Crippen molar-refractivity contribution in [2.75, 3.05) is 19.0 Å². The Morgan fingerprint density at radius 1 is 1.25 bits per heavy atom. The van der Waals surface area contributed by atoms with Gasteiger partial charge in [-0.25, -0.2) is 9.18 Å². The van der Waals surface area contributed by atoms with Crippen LogP contribution in [0.1, 0.15) is 50.2 Å². The Bertz CT molecular complexity index is 987. The molecule has 0 aromatic heterocycles. The van der Waals surface area contributed by atoms with E-state index in [9.17, 15) is 14.3 Å². The van der Waals surface area contributed by atoms with Crippen LogP contribution in [-0.2, 0) is 21.4 Å². The summed E-state index contributed by atoms with van der Waals surface area (Å²) in [6, 6.07) is 12.5. The molecule has 1 saturated carbocycles. The van der Waals surface area contributed by atoms with Crippen molar-refractivity contribution in [2.45, 2.75) is 56.4 Å². The first kappa shape index (κ1) is 23.1. The van der Waals surface area contributed by atoms with E-state index in [2.05, 4.69) is 12.2 Å². The number of benzene rings is 2. The second-order valence-corrected chi connectivity index (χ2v) is 10.0. The van der Waals surface area contributed by atoms with E-state index in [1.807, 2.05) is 24.3 Å². The molecule has 1 fully saturated rings. The third-order valence-electron chi connectivity index (χ3n) is 7.63. The molecule has 0 unspecified atom stereocenters. The topological polar surface area (TPSA) is 58.6 Å². The monoisotopic (exact) mass is 459 g/mol. The molecule has 4 nitrogen and oxygen atoms in total. The molecule has 2 aliphatic carbocycles. The van der Waals surface area contributed by atoms with Gasteiger partial charge in [0.05, 0.1) is 7.11 Å². The Balaban J connectivity index is 1.66. The average Bonchev–Trinajstić information content (AvgIpc) is 3.07. The van der Waals surface area contributed by atoms with E-state index in [4.69, 9.17) is 16.3 Å². The molecule has 6 heteroatoms. The Kier molecular flexibility index (Phi) is 6.51. The van der Waals surface area contributed by atoms with Crippen LogP contribution in [0.25, 0.3) is 0 Å². The van der Waals surface area contributed by atoms with Crippen molar-refractivity contribution in [3.8, 4) is 0 Å². The lowest BCUT2D eigenvalue weighted by atomic mass is 9.59. The van der Waals surface area contributed by atoms with Crippen molar-refractivity contribution < 1.29 is 19.0 Å². The molecule has 2 atom stereocenters. The fourth-order valence-corrected chi connectivity index (χ4v) is 6.15. The van der Waals surface area contributed by atoms with Gasteiger partial charge in [0.2, 0.25) is 0 Å². The summed E-state index contributed by atoms with van der Waals surface area (Å²) >= 11 is 6.16. The van der Waals surface area contributed by atoms with Crippen molar-refractivity contribution >= 4 is 23.3 Å². The molecular formula is C26H31ClFNO3. The van der Waals surface area contributed by atoms with Gasteiger partial charge in [0, 0.05) is 17.3 Å². The summed E-state index contributed by atoms with van der Waals surface area (Å²) in [7, 11) is 1.42. The molecule has 2 N–H and O–H groups in total. The Hall–Kier alpha value is -2.11. The van der Waals surface area contributed by atoms with E-state index in [1.54, 1.807) is 12.1 Å². The third-order valence-corrected chi connectivity index (χ3v) is 7.87. The molecule has 0 saturated heterocycles. The van der Waals surface area contributed by atoms with E-state index in [0.29, 0.717) is 23.8 Å². The first-order valence-electron chi connectivity index (χ1n) is 11.3. The molecule has 4 rings (SSSR count). The molecule has 2 aromatic rings. The first-order valence-corrected chi connectivity index (χ1v) is 11.7. The van der Waals surface area contributed by atoms with Gasteiger partial charge in [-0.1, -0.05) is 30.7 Å². The highest BCUT2D eigenvalue weighted by molar-refractivity contribution is 6.30. The smallest absolute Gasteiger partial charge is 0.331 e. The van der Waals surface area contributed by atoms with Crippen LogP contribution in [0.4, 0.5) is 10.1 Å². The SMILES string of the molecule is COC(=O)C1(Nc2cccc(Cl)c2)CCC2(CC1)c1cc(F)ccc1C[C@@H]2C[C@@H](C)CO. The maximum Gasteiger partial charge on any atom is 0.331 e. The van der Waals surface area contributed by atoms with Crippen molar-refractivity contribution in [3.05, 3.63) is 64.4 Å². The normalized spacial score (nSPS) is 27.7. The van der Waals surface area contributed by atoms with Crippen LogP contribution >= 0.6 is 11.6 Å². The predicted molar refractivity (Wildman–Crippen MR) is 124 cm³/mol. The van der Waals surface area contributed by atoms with Gasteiger partial charge in [0.1, 0.15) is 11.4 Å². The van der Waals surface area contributed by atoms with Crippen molar-refractivity contribution in [1.82, 2.24) is 0 Å². The highest BCUT2D eigenvalue weighted by Crippen LogP contribution is 2.56. The standard InChI is InChI=1S/C26H31ClFNO3/c1-17(16-30)12-19-13-18-6-7-21(28)15-23(18)25(19)8-10-26(11-9-25,24(31)32-2)29-22-5-3-4-20(27)14-22/h3-7,14-15,17,19,29-30H,8-13,16H2,1-2H3/t17-,19+,25?,26?/m1/s1. The second-order valence-electron chi connectivity index (χ2n) is 9.59.